The molecule has 0 bridgehead atoms. The third-order valence-electron chi connectivity index (χ3n) is 3.24. The fraction of sp³-hybridized carbons (Fsp3) is 0.692. The topological polar surface area (TPSA) is 28.4 Å². The van der Waals surface area contributed by atoms with Crippen molar-refractivity contribution in [3.05, 3.63) is 22.6 Å². The summed E-state index contributed by atoms with van der Waals surface area (Å²) in [6.45, 7) is 6.56. The second kappa shape index (κ2) is 6.57. The van der Waals surface area contributed by atoms with Crippen LogP contribution in [-0.4, -0.2) is 30.6 Å². The van der Waals surface area contributed by atoms with E-state index in [2.05, 4.69) is 33.1 Å². The van der Waals surface area contributed by atoms with E-state index in [9.17, 15) is 0 Å². The summed E-state index contributed by atoms with van der Waals surface area (Å²) < 4.78 is 6.58. The lowest BCUT2D eigenvalue weighted by molar-refractivity contribution is 0.223. The Morgan fingerprint density at radius 2 is 2.47 bits per heavy atom. The van der Waals surface area contributed by atoms with Crippen molar-refractivity contribution in [2.45, 2.75) is 38.8 Å². The number of hydrogen-bond donors (Lipinski definition) is 1. The van der Waals surface area contributed by atoms with E-state index in [0.717, 1.165) is 29.9 Å². The molecule has 0 amide bonds. The maximum absolute atomic E-state index is 5.50. The Balaban J connectivity index is 1.89. The summed E-state index contributed by atoms with van der Waals surface area (Å²) in [6, 6.07) is 2.63. The van der Waals surface area contributed by atoms with Crippen molar-refractivity contribution >= 4 is 15.9 Å². The van der Waals surface area contributed by atoms with E-state index in [1.165, 1.54) is 25.8 Å². The van der Waals surface area contributed by atoms with Crippen LogP contribution >= 0.6 is 15.9 Å². The summed E-state index contributed by atoms with van der Waals surface area (Å²) in [7, 11) is 0. The van der Waals surface area contributed by atoms with Gasteiger partial charge in [0, 0.05) is 12.6 Å². The first kappa shape index (κ1) is 13.1. The van der Waals surface area contributed by atoms with Gasteiger partial charge in [-0.15, -0.1) is 0 Å². The van der Waals surface area contributed by atoms with E-state index in [4.69, 9.17) is 4.42 Å². The molecule has 0 spiro atoms. The molecule has 4 heteroatoms. The molecular weight excluding hydrogens is 280 g/mol. The molecule has 0 aliphatic carbocycles. The summed E-state index contributed by atoms with van der Waals surface area (Å²) >= 11 is 3.52. The van der Waals surface area contributed by atoms with E-state index < -0.39 is 0 Å². The summed E-state index contributed by atoms with van der Waals surface area (Å²) in [6.07, 6.45) is 5.55. The van der Waals surface area contributed by atoms with Gasteiger partial charge in [0.05, 0.1) is 17.3 Å². The van der Waals surface area contributed by atoms with Crippen LogP contribution in [0.1, 0.15) is 31.9 Å². The van der Waals surface area contributed by atoms with Crippen LogP contribution in [0, 0.1) is 0 Å². The molecule has 0 saturated carbocycles. The highest BCUT2D eigenvalue weighted by Crippen LogP contribution is 2.20. The fourth-order valence-electron chi connectivity index (χ4n) is 2.42. The first-order valence-electron chi connectivity index (χ1n) is 6.47. The third-order valence-corrected chi connectivity index (χ3v) is 3.95. The summed E-state index contributed by atoms with van der Waals surface area (Å²) in [5, 5.41) is 3.56. The molecule has 96 valence electrons. The maximum atomic E-state index is 5.50. The average Bonchev–Trinajstić information content (AvgIpc) is 2.92. The monoisotopic (exact) mass is 300 g/mol. The molecule has 2 heterocycles. The van der Waals surface area contributed by atoms with Crippen molar-refractivity contribution in [3.63, 3.8) is 0 Å². The zero-order valence-electron chi connectivity index (χ0n) is 10.4. The quantitative estimate of drug-likeness (QED) is 0.875. The number of rotatable bonds is 6. The number of furan rings is 1. The molecule has 2 rings (SSSR count). The molecule has 1 aliphatic rings. The molecular formula is C13H21BrN2O. The van der Waals surface area contributed by atoms with Gasteiger partial charge in [-0.05, 0) is 54.3 Å². The van der Waals surface area contributed by atoms with E-state index in [1.54, 1.807) is 6.26 Å². The van der Waals surface area contributed by atoms with Crippen LogP contribution < -0.4 is 5.32 Å². The zero-order chi connectivity index (χ0) is 12.1. The minimum atomic E-state index is 0.662. The van der Waals surface area contributed by atoms with Gasteiger partial charge >= 0.3 is 0 Å². The molecule has 1 atom stereocenters. The van der Waals surface area contributed by atoms with Gasteiger partial charge in [-0.25, -0.2) is 0 Å². The Morgan fingerprint density at radius 3 is 3.06 bits per heavy atom. The molecule has 0 aromatic carbocycles. The molecule has 17 heavy (non-hydrogen) atoms. The van der Waals surface area contributed by atoms with Gasteiger partial charge in [-0.2, -0.15) is 0 Å². The number of nitrogens with zero attached hydrogens (tertiary/aromatic N) is 1. The zero-order valence-corrected chi connectivity index (χ0v) is 12.0. The summed E-state index contributed by atoms with van der Waals surface area (Å²) in [5.74, 6) is 1.04. The maximum Gasteiger partial charge on any atom is 0.131 e. The second-order valence-electron chi connectivity index (χ2n) is 4.72. The fourth-order valence-corrected chi connectivity index (χ4v) is 2.74. The standard InChI is InChI=1S/C13H21BrN2O/c1-2-7-16(9-11-4-3-6-15-11)10-13-12(14)5-8-17-13/h5,8,11,15H,2-4,6-7,9-10H2,1H3. The van der Waals surface area contributed by atoms with Crippen LogP contribution in [0.4, 0.5) is 0 Å². The second-order valence-corrected chi connectivity index (χ2v) is 5.57. The first-order chi connectivity index (χ1) is 8.29. The van der Waals surface area contributed by atoms with Crippen molar-refractivity contribution in [1.29, 1.82) is 0 Å². The molecule has 1 aliphatic heterocycles. The van der Waals surface area contributed by atoms with E-state index in [0.29, 0.717) is 6.04 Å². The molecule has 1 fully saturated rings. The van der Waals surface area contributed by atoms with Crippen molar-refractivity contribution in [2.75, 3.05) is 19.6 Å². The SMILES string of the molecule is CCCN(Cc1occc1Br)CC1CCCN1. The highest BCUT2D eigenvalue weighted by atomic mass is 79.9. The predicted molar refractivity (Wildman–Crippen MR) is 73.0 cm³/mol. The van der Waals surface area contributed by atoms with Crippen LogP contribution in [-0.2, 0) is 6.54 Å². The Labute approximate surface area is 112 Å². The van der Waals surface area contributed by atoms with Gasteiger partial charge in [0.25, 0.3) is 0 Å². The van der Waals surface area contributed by atoms with Crippen molar-refractivity contribution in [1.82, 2.24) is 10.2 Å². The molecule has 1 saturated heterocycles. The molecule has 1 aromatic heterocycles. The van der Waals surface area contributed by atoms with Gasteiger partial charge < -0.3 is 9.73 Å². The minimum Gasteiger partial charge on any atom is -0.467 e. The van der Waals surface area contributed by atoms with Gasteiger partial charge in [-0.3, -0.25) is 4.90 Å². The first-order valence-corrected chi connectivity index (χ1v) is 7.26. The van der Waals surface area contributed by atoms with Crippen LogP contribution in [0.3, 0.4) is 0 Å². The number of hydrogen-bond acceptors (Lipinski definition) is 3. The molecule has 3 nitrogen and oxygen atoms in total. The smallest absolute Gasteiger partial charge is 0.131 e. The lowest BCUT2D eigenvalue weighted by Crippen LogP contribution is -2.37. The van der Waals surface area contributed by atoms with Crippen molar-refractivity contribution < 1.29 is 4.42 Å². The Kier molecular flexibility index (Phi) is 5.07. The predicted octanol–water partition coefficient (Wildman–Crippen LogP) is 3.01. The largest absolute Gasteiger partial charge is 0.467 e. The Hall–Kier alpha value is -0.320. The van der Waals surface area contributed by atoms with E-state index >= 15 is 0 Å². The van der Waals surface area contributed by atoms with E-state index in [1.807, 2.05) is 6.07 Å². The molecule has 1 unspecified atom stereocenters. The Morgan fingerprint density at radius 1 is 1.59 bits per heavy atom. The lowest BCUT2D eigenvalue weighted by Gasteiger charge is -2.24. The molecule has 1 aromatic rings. The Bertz CT molecular complexity index is 334. The number of halogens is 1. The van der Waals surface area contributed by atoms with Crippen LogP contribution in [0.2, 0.25) is 0 Å². The van der Waals surface area contributed by atoms with Crippen molar-refractivity contribution in [3.8, 4) is 0 Å². The van der Waals surface area contributed by atoms with Gasteiger partial charge in [0.2, 0.25) is 0 Å². The van der Waals surface area contributed by atoms with Crippen LogP contribution in [0.15, 0.2) is 21.2 Å². The minimum absolute atomic E-state index is 0.662. The van der Waals surface area contributed by atoms with Gasteiger partial charge in [0.15, 0.2) is 0 Å². The highest BCUT2D eigenvalue weighted by molar-refractivity contribution is 9.10. The van der Waals surface area contributed by atoms with E-state index in [-0.39, 0.29) is 0 Å². The summed E-state index contributed by atoms with van der Waals surface area (Å²) in [4.78, 5) is 2.48. The summed E-state index contributed by atoms with van der Waals surface area (Å²) in [5.41, 5.74) is 0. The highest BCUT2D eigenvalue weighted by Gasteiger charge is 2.18. The molecule has 1 N–H and O–H groups in total. The van der Waals surface area contributed by atoms with Crippen molar-refractivity contribution in [2.24, 2.45) is 0 Å². The van der Waals surface area contributed by atoms with Crippen LogP contribution in [0.25, 0.3) is 0 Å². The number of nitrogens with one attached hydrogen (secondary N) is 1. The van der Waals surface area contributed by atoms with Crippen LogP contribution in [0.5, 0.6) is 0 Å². The average molecular weight is 301 g/mol. The lowest BCUT2D eigenvalue weighted by atomic mass is 10.2. The molecule has 0 radical (unpaired) electrons. The third kappa shape index (κ3) is 3.83. The van der Waals surface area contributed by atoms with Gasteiger partial charge in [-0.1, -0.05) is 6.92 Å². The van der Waals surface area contributed by atoms with Gasteiger partial charge in [0.1, 0.15) is 5.76 Å². The normalized spacial score (nSPS) is 20.3.